The van der Waals surface area contributed by atoms with Gasteiger partial charge in [0.05, 0.1) is 5.25 Å². The van der Waals surface area contributed by atoms with Crippen molar-refractivity contribution in [2.75, 3.05) is 12.3 Å². The molecule has 0 heterocycles. The molecule has 0 aliphatic heterocycles. The van der Waals surface area contributed by atoms with Crippen LogP contribution in [0.2, 0.25) is 0 Å². The Morgan fingerprint density at radius 1 is 1.19 bits per heavy atom. The Morgan fingerprint density at radius 2 is 2.00 bits per heavy atom. The number of hydrogen-bond donors (Lipinski definition) is 1. The summed E-state index contributed by atoms with van der Waals surface area (Å²) in [7, 11) is -0.593. The van der Waals surface area contributed by atoms with Crippen LogP contribution in [0.15, 0.2) is 0 Å². The van der Waals surface area contributed by atoms with E-state index in [-0.39, 0.29) is 0 Å². The highest BCUT2D eigenvalue weighted by Gasteiger charge is 2.30. The van der Waals surface area contributed by atoms with E-state index in [0.29, 0.717) is 11.3 Å². The van der Waals surface area contributed by atoms with E-state index in [1.807, 2.05) is 0 Å². The summed E-state index contributed by atoms with van der Waals surface area (Å²) in [6.07, 6.45) is 8.41. The molecule has 0 aromatic rings. The summed E-state index contributed by atoms with van der Waals surface area (Å²) in [6, 6.07) is 0.530. The number of nitrogens with one attached hydrogen (secondary N) is 1. The molecule has 0 aromatic heterocycles. The second-order valence-electron chi connectivity index (χ2n) is 4.82. The first kappa shape index (κ1) is 14.2. The maximum Gasteiger partial charge on any atom is 0.0501 e. The molecule has 0 bridgehead atoms. The van der Waals surface area contributed by atoms with Crippen LogP contribution < -0.4 is 5.32 Å². The second-order valence-corrected chi connectivity index (χ2v) is 6.60. The van der Waals surface area contributed by atoms with Gasteiger partial charge in [0.15, 0.2) is 0 Å². The molecule has 1 saturated carbocycles. The zero-order chi connectivity index (χ0) is 11.8. The minimum absolute atomic E-state index is 0.434. The third kappa shape index (κ3) is 4.54. The molecule has 1 N–H and O–H groups in total. The molecule has 0 radical (unpaired) electrons. The highest BCUT2D eigenvalue weighted by molar-refractivity contribution is 7.85. The monoisotopic (exact) mass is 245 g/mol. The van der Waals surface area contributed by atoms with Crippen LogP contribution in [0.3, 0.4) is 0 Å². The number of rotatable bonds is 8. The molecular formula is C13H27NOS. The van der Waals surface area contributed by atoms with Gasteiger partial charge in [-0.3, -0.25) is 4.21 Å². The first-order valence-electron chi connectivity index (χ1n) is 6.90. The fourth-order valence-corrected chi connectivity index (χ4v) is 4.27. The van der Waals surface area contributed by atoms with Crippen LogP contribution in [0.25, 0.3) is 0 Å². The molecule has 2 nitrogen and oxygen atoms in total. The van der Waals surface area contributed by atoms with Gasteiger partial charge < -0.3 is 5.32 Å². The second kappa shape index (κ2) is 8.24. The van der Waals surface area contributed by atoms with Crippen LogP contribution >= 0.6 is 0 Å². The predicted octanol–water partition coefficient (Wildman–Crippen LogP) is 2.85. The Bertz CT molecular complexity index is 208. The number of hydrogen-bond acceptors (Lipinski definition) is 2. The summed E-state index contributed by atoms with van der Waals surface area (Å²) in [4.78, 5) is 0. The van der Waals surface area contributed by atoms with Crippen molar-refractivity contribution in [2.45, 2.75) is 70.1 Å². The lowest BCUT2D eigenvalue weighted by Crippen LogP contribution is -2.39. The van der Waals surface area contributed by atoms with Gasteiger partial charge in [-0.1, -0.05) is 33.1 Å². The van der Waals surface area contributed by atoms with E-state index in [9.17, 15) is 4.21 Å². The molecule has 3 heteroatoms. The molecule has 96 valence electrons. The normalized spacial score (nSPS) is 27.1. The Morgan fingerprint density at radius 3 is 2.69 bits per heavy atom. The molecule has 0 amide bonds. The smallest absolute Gasteiger partial charge is 0.0501 e. The van der Waals surface area contributed by atoms with E-state index in [1.165, 1.54) is 38.5 Å². The average molecular weight is 245 g/mol. The molecule has 1 aliphatic rings. The molecule has 3 unspecified atom stereocenters. The topological polar surface area (TPSA) is 29.1 Å². The summed E-state index contributed by atoms with van der Waals surface area (Å²) >= 11 is 0. The third-order valence-electron chi connectivity index (χ3n) is 3.40. The third-order valence-corrected chi connectivity index (χ3v) is 5.33. The van der Waals surface area contributed by atoms with E-state index < -0.39 is 10.8 Å². The maximum atomic E-state index is 12.2. The van der Waals surface area contributed by atoms with Crippen LogP contribution in [0.4, 0.5) is 0 Å². The van der Waals surface area contributed by atoms with Gasteiger partial charge in [0.25, 0.3) is 0 Å². The first-order valence-corrected chi connectivity index (χ1v) is 8.28. The highest BCUT2D eigenvalue weighted by Crippen LogP contribution is 2.24. The zero-order valence-electron chi connectivity index (χ0n) is 10.8. The molecule has 1 aliphatic carbocycles. The van der Waals surface area contributed by atoms with Gasteiger partial charge >= 0.3 is 0 Å². The van der Waals surface area contributed by atoms with Crippen molar-refractivity contribution in [3.63, 3.8) is 0 Å². The molecule has 1 rings (SSSR count). The lowest BCUT2D eigenvalue weighted by Gasteiger charge is -2.20. The largest absolute Gasteiger partial charge is 0.313 e. The van der Waals surface area contributed by atoms with E-state index >= 15 is 0 Å². The summed E-state index contributed by atoms with van der Waals surface area (Å²) in [5, 5.41) is 3.99. The SMILES string of the molecule is CCCCCS(=O)C1CCCC1NCCC. The molecule has 3 atom stereocenters. The van der Waals surface area contributed by atoms with Gasteiger partial charge in [0.2, 0.25) is 0 Å². The Hall–Kier alpha value is 0.110. The van der Waals surface area contributed by atoms with E-state index in [0.717, 1.165) is 18.7 Å². The lowest BCUT2D eigenvalue weighted by atomic mass is 10.2. The van der Waals surface area contributed by atoms with Crippen molar-refractivity contribution >= 4 is 10.8 Å². The van der Waals surface area contributed by atoms with Gasteiger partial charge in [-0.05, 0) is 32.2 Å². The average Bonchev–Trinajstić information content (AvgIpc) is 2.74. The van der Waals surface area contributed by atoms with Crippen molar-refractivity contribution in [3.8, 4) is 0 Å². The Kier molecular flexibility index (Phi) is 7.30. The van der Waals surface area contributed by atoms with Gasteiger partial charge in [-0.25, -0.2) is 0 Å². The van der Waals surface area contributed by atoms with Gasteiger partial charge in [-0.15, -0.1) is 0 Å². The fourth-order valence-electron chi connectivity index (χ4n) is 2.45. The highest BCUT2D eigenvalue weighted by atomic mass is 32.2. The molecular weight excluding hydrogens is 218 g/mol. The van der Waals surface area contributed by atoms with Crippen molar-refractivity contribution in [3.05, 3.63) is 0 Å². The standard InChI is InChI=1S/C13H27NOS/c1-3-5-6-11-16(15)13-9-7-8-12(13)14-10-4-2/h12-14H,3-11H2,1-2H3. The summed E-state index contributed by atoms with van der Waals surface area (Å²) < 4.78 is 12.2. The molecule has 0 spiro atoms. The molecule has 0 aromatic carbocycles. The van der Waals surface area contributed by atoms with Crippen molar-refractivity contribution in [1.82, 2.24) is 5.32 Å². The zero-order valence-corrected chi connectivity index (χ0v) is 11.7. The maximum absolute atomic E-state index is 12.2. The minimum atomic E-state index is -0.593. The Labute approximate surface area is 103 Å². The molecule has 1 fully saturated rings. The van der Waals surface area contributed by atoms with Gasteiger partial charge in [0.1, 0.15) is 0 Å². The van der Waals surface area contributed by atoms with Gasteiger partial charge in [0, 0.05) is 22.6 Å². The minimum Gasteiger partial charge on any atom is -0.313 e. The quantitative estimate of drug-likeness (QED) is 0.666. The summed E-state index contributed by atoms with van der Waals surface area (Å²) in [5.41, 5.74) is 0. The fraction of sp³-hybridized carbons (Fsp3) is 1.00. The van der Waals surface area contributed by atoms with Crippen LogP contribution in [0.1, 0.15) is 58.8 Å². The van der Waals surface area contributed by atoms with Crippen molar-refractivity contribution in [1.29, 1.82) is 0 Å². The summed E-state index contributed by atoms with van der Waals surface area (Å²) in [6.45, 7) is 5.46. The van der Waals surface area contributed by atoms with Crippen LogP contribution in [-0.4, -0.2) is 27.8 Å². The molecule has 16 heavy (non-hydrogen) atoms. The van der Waals surface area contributed by atoms with Crippen LogP contribution in [0, 0.1) is 0 Å². The van der Waals surface area contributed by atoms with E-state index in [4.69, 9.17) is 0 Å². The van der Waals surface area contributed by atoms with Crippen LogP contribution in [-0.2, 0) is 10.8 Å². The van der Waals surface area contributed by atoms with Crippen LogP contribution in [0.5, 0.6) is 0 Å². The Balaban J connectivity index is 2.29. The number of unbranched alkanes of at least 4 members (excludes halogenated alkanes) is 2. The summed E-state index contributed by atoms with van der Waals surface area (Å²) in [5.74, 6) is 0.919. The molecule has 0 saturated heterocycles. The van der Waals surface area contributed by atoms with Crippen molar-refractivity contribution in [2.24, 2.45) is 0 Å². The van der Waals surface area contributed by atoms with E-state index in [1.54, 1.807) is 0 Å². The lowest BCUT2D eigenvalue weighted by molar-refractivity contribution is 0.522. The van der Waals surface area contributed by atoms with E-state index in [2.05, 4.69) is 19.2 Å². The van der Waals surface area contributed by atoms with Crippen molar-refractivity contribution < 1.29 is 4.21 Å². The van der Waals surface area contributed by atoms with Gasteiger partial charge in [-0.2, -0.15) is 0 Å². The first-order chi connectivity index (χ1) is 7.79. The predicted molar refractivity (Wildman–Crippen MR) is 72.3 cm³/mol.